The van der Waals surface area contributed by atoms with E-state index in [-0.39, 0.29) is 17.4 Å². The van der Waals surface area contributed by atoms with Gasteiger partial charge in [0.05, 0.1) is 22.5 Å². The van der Waals surface area contributed by atoms with Crippen molar-refractivity contribution >= 4 is 27.5 Å². The molecule has 0 amide bonds. The van der Waals surface area contributed by atoms with Crippen LogP contribution in [0, 0.1) is 0 Å². The zero-order chi connectivity index (χ0) is 10.1. The molecule has 72 valence electrons. The van der Waals surface area contributed by atoms with Crippen LogP contribution < -0.4 is 5.73 Å². The number of nitrogen functional groups attached to an aromatic ring is 1. The zero-order valence-corrected chi connectivity index (χ0v) is 8.54. The maximum Gasteiger partial charge on any atom is 0.234 e. The Bertz CT molecular complexity index is 432. The fourth-order valence-electron chi connectivity index (χ4n) is 1.06. The normalized spacial score (nSPS) is 10.4. The fourth-order valence-corrected chi connectivity index (χ4v) is 1.44. The van der Waals surface area contributed by atoms with Gasteiger partial charge in [0, 0.05) is 0 Å². The van der Waals surface area contributed by atoms with Crippen LogP contribution >= 0.6 is 15.9 Å². The van der Waals surface area contributed by atoms with E-state index in [1.807, 2.05) is 0 Å². The van der Waals surface area contributed by atoms with E-state index in [1.165, 1.54) is 12.5 Å². The van der Waals surface area contributed by atoms with E-state index in [0.717, 1.165) is 0 Å². The van der Waals surface area contributed by atoms with Gasteiger partial charge >= 0.3 is 0 Å². The summed E-state index contributed by atoms with van der Waals surface area (Å²) >= 11 is 3.19. The van der Waals surface area contributed by atoms with Crippen LogP contribution in [-0.2, 0) is 0 Å². The number of H-pyrrole nitrogens is 1. The summed E-state index contributed by atoms with van der Waals surface area (Å²) in [7, 11) is 0. The summed E-state index contributed by atoms with van der Waals surface area (Å²) in [5, 5.41) is 6.14. The second kappa shape index (κ2) is 3.30. The van der Waals surface area contributed by atoms with Crippen molar-refractivity contribution in [1.29, 1.82) is 0 Å². The van der Waals surface area contributed by atoms with Gasteiger partial charge in [0.25, 0.3) is 0 Å². The van der Waals surface area contributed by atoms with Crippen LogP contribution in [0.1, 0.15) is 16.1 Å². The first kappa shape index (κ1) is 9.01. The standard InChI is InChI=1S/C8H6BrN3O2/c9-5-1-2-14-7(5)6(13)4-3-11-12-8(4)10/h1-3H,(H3,10,11,12). The predicted octanol–water partition coefficient (Wildman–Crippen LogP) is 1.58. The largest absolute Gasteiger partial charge is 0.460 e. The van der Waals surface area contributed by atoms with E-state index in [9.17, 15) is 4.79 Å². The predicted molar refractivity (Wildman–Crippen MR) is 52.8 cm³/mol. The molecule has 0 saturated heterocycles. The molecule has 5 nitrogen and oxygen atoms in total. The van der Waals surface area contributed by atoms with Crippen molar-refractivity contribution < 1.29 is 9.21 Å². The number of hydrogen-bond donors (Lipinski definition) is 2. The first-order chi connectivity index (χ1) is 6.70. The van der Waals surface area contributed by atoms with Crippen molar-refractivity contribution in [1.82, 2.24) is 10.2 Å². The third-order valence-electron chi connectivity index (χ3n) is 1.74. The van der Waals surface area contributed by atoms with Gasteiger partial charge in [-0.3, -0.25) is 9.89 Å². The van der Waals surface area contributed by atoms with Crippen LogP contribution in [0.25, 0.3) is 0 Å². The molecule has 2 aromatic rings. The SMILES string of the molecule is Nc1[nH]ncc1C(=O)c1occc1Br. The summed E-state index contributed by atoms with van der Waals surface area (Å²) in [5.74, 6) is 0.157. The number of aromatic nitrogens is 2. The van der Waals surface area contributed by atoms with Gasteiger partial charge in [0.2, 0.25) is 5.78 Å². The van der Waals surface area contributed by atoms with E-state index in [0.29, 0.717) is 10.0 Å². The van der Waals surface area contributed by atoms with Gasteiger partial charge < -0.3 is 10.2 Å². The molecule has 3 N–H and O–H groups in total. The monoisotopic (exact) mass is 255 g/mol. The summed E-state index contributed by atoms with van der Waals surface area (Å²) in [6.45, 7) is 0. The molecule has 0 unspecified atom stereocenters. The van der Waals surface area contributed by atoms with Gasteiger partial charge in [-0.15, -0.1) is 0 Å². The van der Waals surface area contributed by atoms with E-state index >= 15 is 0 Å². The van der Waals surface area contributed by atoms with Gasteiger partial charge in [-0.2, -0.15) is 5.10 Å². The molecular formula is C8H6BrN3O2. The van der Waals surface area contributed by atoms with E-state index in [2.05, 4.69) is 26.1 Å². The quantitative estimate of drug-likeness (QED) is 0.799. The van der Waals surface area contributed by atoms with Gasteiger partial charge in [-0.25, -0.2) is 0 Å². The summed E-state index contributed by atoms with van der Waals surface area (Å²) in [6.07, 6.45) is 2.79. The van der Waals surface area contributed by atoms with Gasteiger partial charge in [0.1, 0.15) is 5.82 Å². The van der Waals surface area contributed by atoms with Crippen molar-refractivity contribution in [2.24, 2.45) is 0 Å². The number of nitrogens with one attached hydrogen (secondary N) is 1. The number of carbonyl (C=O) groups is 1. The molecule has 2 aromatic heterocycles. The third-order valence-corrected chi connectivity index (χ3v) is 2.36. The summed E-state index contributed by atoms with van der Waals surface area (Å²) < 4.78 is 5.61. The van der Waals surface area contributed by atoms with Crippen LogP contribution in [0.15, 0.2) is 27.4 Å². The lowest BCUT2D eigenvalue weighted by Gasteiger charge is -1.95. The first-order valence-corrected chi connectivity index (χ1v) is 4.56. The van der Waals surface area contributed by atoms with Crippen LogP contribution in [0.3, 0.4) is 0 Å². The highest BCUT2D eigenvalue weighted by molar-refractivity contribution is 9.10. The molecule has 0 aliphatic heterocycles. The molecule has 0 radical (unpaired) electrons. The summed E-state index contributed by atoms with van der Waals surface area (Å²) in [4.78, 5) is 11.7. The number of anilines is 1. The molecule has 0 aliphatic rings. The van der Waals surface area contributed by atoms with Crippen molar-refractivity contribution in [3.05, 3.63) is 34.3 Å². The summed E-state index contributed by atoms with van der Waals surface area (Å²) in [5.41, 5.74) is 5.81. The molecule has 0 atom stereocenters. The van der Waals surface area contributed by atoms with Crippen molar-refractivity contribution in [2.75, 3.05) is 5.73 Å². The number of carbonyl (C=O) groups excluding carboxylic acids is 1. The zero-order valence-electron chi connectivity index (χ0n) is 6.95. The molecule has 0 saturated carbocycles. The number of halogens is 1. The molecule has 6 heteroatoms. The lowest BCUT2D eigenvalue weighted by atomic mass is 10.2. The maximum atomic E-state index is 11.7. The average molecular weight is 256 g/mol. The Balaban J connectivity index is 2.44. The molecule has 0 aromatic carbocycles. The Morgan fingerprint density at radius 1 is 1.64 bits per heavy atom. The van der Waals surface area contributed by atoms with Crippen molar-refractivity contribution in [3.8, 4) is 0 Å². The molecule has 2 heterocycles. The Morgan fingerprint density at radius 3 is 2.93 bits per heavy atom. The van der Waals surface area contributed by atoms with E-state index < -0.39 is 0 Å². The van der Waals surface area contributed by atoms with Gasteiger partial charge in [-0.05, 0) is 22.0 Å². The van der Waals surface area contributed by atoms with Crippen LogP contribution in [0.5, 0.6) is 0 Å². The molecule has 0 aliphatic carbocycles. The summed E-state index contributed by atoms with van der Waals surface area (Å²) in [6, 6.07) is 1.64. The second-order valence-corrected chi connectivity index (χ2v) is 3.48. The smallest absolute Gasteiger partial charge is 0.234 e. The number of hydrogen-bond acceptors (Lipinski definition) is 4. The van der Waals surface area contributed by atoms with Gasteiger partial charge in [-0.1, -0.05) is 0 Å². The Kier molecular flexibility index (Phi) is 2.12. The minimum Gasteiger partial charge on any atom is -0.460 e. The number of furan rings is 1. The molecule has 0 spiro atoms. The second-order valence-electron chi connectivity index (χ2n) is 2.62. The van der Waals surface area contributed by atoms with Gasteiger partial charge in [0.15, 0.2) is 5.76 Å². The minimum absolute atomic E-state index is 0.220. The highest BCUT2D eigenvalue weighted by Gasteiger charge is 2.19. The first-order valence-electron chi connectivity index (χ1n) is 3.76. The number of nitrogens with zero attached hydrogens (tertiary/aromatic N) is 1. The lowest BCUT2D eigenvalue weighted by Crippen LogP contribution is -2.02. The van der Waals surface area contributed by atoms with Crippen molar-refractivity contribution in [2.45, 2.75) is 0 Å². The highest BCUT2D eigenvalue weighted by Crippen LogP contribution is 2.22. The van der Waals surface area contributed by atoms with E-state index in [1.54, 1.807) is 6.07 Å². The Morgan fingerprint density at radius 2 is 2.43 bits per heavy atom. The molecular weight excluding hydrogens is 250 g/mol. The fraction of sp³-hybridized carbons (Fsp3) is 0. The molecule has 0 bridgehead atoms. The topological polar surface area (TPSA) is 84.9 Å². The molecule has 14 heavy (non-hydrogen) atoms. The molecule has 0 fully saturated rings. The van der Waals surface area contributed by atoms with E-state index in [4.69, 9.17) is 10.2 Å². The number of aromatic amines is 1. The lowest BCUT2D eigenvalue weighted by molar-refractivity contribution is 0.101. The number of rotatable bonds is 2. The van der Waals surface area contributed by atoms with Crippen LogP contribution in [-0.4, -0.2) is 16.0 Å². The third kappa shape index (κ3) is 1.33. The van der Waals surface area contributed by atoms with Crippen LogP contribution in [0.4, 0.5) is 5.82 Å². The number of nitrogens with two attached hydrogens (primary N) is 1. The highest BCUT2D eigenvalue weighted by atomic mass is 79.9. The Labute approximate surface area is 87.4 Å². The minimum atomic E-state index is -0.298. The molecule has 2 rings (SSSR count). The maximum absolute atomic E-state index is 11.7. The van der Waals surface area contributed by atoms with Crippen molar-refractivity contribution in [3.63, 3.8) is 0 Å². The number of ketones is 1. The average Bonchev–Trinajstić information content (AvgIpc) is 2.73. The van der Waals surface area contributed by atoms with Crippen LogP contribution in [0.2, 0.25) is 0 Å². The Hall–Kier alpha value is -1.56.